The van der Waals surface area contributed by atoms with Gasteiger partial charge in [0.15, 0.2) is 5.76 Å². The number of nitrogens with zero attached hydrogens (tertiary/aromatic N) is 1. The van der Waals surface area contributed by atoms with E-state index in [0.29, 0.717) is 37.6 Å². The number of hydrogen-bond donors (Lipinski definition) is 1. The van der Waals surface area contributed by atoms with E-state index in [9.17, 15) is 14.7 Å². The zero-order chi connectivity index (χ0) is 18.9. The Labute approximate surface area is 154 Å². The first-order valence-corrected chi connectivity index (χ1v) is 9.20. The third kappa shape index (κ3) is 4.85. The summed E-state index contributed by atoms with van der Waals surface area (Å²) in [6, 6.07) is 6.82. The Kier molecular flexibility index (Phi) is 7.66. The fourth-order valence-corrected chi connectivity index (χ4v) is 2.64. The molecule has 6 heteroatoms. The van der Waals surface area contributed by atoms with E-state index in [2.05, 4.69) is 6.92 Å². The van der Waals surface area contributed by atoms with Crippen LogP contribution in [-0.2, 0) is 14.3 Å². The molecule has 0 saturated carbocycles. The molecule has 2 amide bonds. The number of carbonyl (C=O) groups is 2. The van der Waals surface area contributed by atoms with Crippen LogP contribution in [0.25, 0.3) is 5.57 Å². The maximum atomic E-state index is 12.6. The van der Waals surface area contributed by atoms with Crippen molar-refractivity contribution >= 4 is 17.4 Å². The van der Waals surface area contributed by atoms with Crippen LogP contribution >= 0.6 is 0 Å². The molecule has 0 fully saturated rings. The number of imide groups is 1. The topological polar surface area (TPSA) is 76.1 Å². The first kappa shape index (κ1) is 20.0. The van der Waals surface area contributed by atoms with Crippen molar-refractivity contribution < 1.29 is 24.2 Å². The van der Waals surface area contributed by atoms with Gasteiger partial charge in [-0.05, 0) is 37.0 Å². The molecule has 0 bridgehead atoms. The number of rotatable bonds is 11. The van der Waals surface area contributed by atoms with Crippen molar-refractivity contribution in [3.8, 4) is 5.75 Å². The van der Waals surface area contributed by atoms with Crippen molar-refractivity contribution in [3.63, 3.8) is 0 Å². The van der Waals surface area contributed by atoms with E-state index in [1.54, 1.807) is 24.3 Å². The minimum absolute atomic E-state index is 0.0453. The lowest BCUT2D eigenvalue weighted by Crippen LogP contribution is -2.33. The van der Waals surface area contributed by atoms with E-state index >= 15 is 0 Å². The van der Waals surface area contributed by atoms with E-state index in [1.165, 1.54) is 0 Å². The van der Waals surface area contributed by atoms with Crippen LogP contribution in [0.5, 0.6) is 5.75 Å². The fourth-order valence-electron chi connectivity index (χ4n) is 2.64. The highest BCUT2D eigenvalue weighted by Gasteiger charge is 2.38. The molecule has 0 saturated heterocycles. The van der Waals surface area contributed by atoms with Crippen LogP contribution in [0.2, 0.25) is 0 Å². The summed E-state index contributed by atoms with van der Waals surface area (Å²) in [5.41, 5.74) is 0.551. The Morgan fingerprint density at radius 1 is 0.923 bits per heavy atom. The van der Waals surface area contributed by atoms with Crippen LogP contribution in [0.1, 0.15) is 45.1 Å². The second kappa shape index (κ2) is 9.97. The Morgan fingerprint density at radius 3 is 2.27 bits per heavy atom. The van der Waals surface area contributed by atoms with E-state index in [-0.39, 0.29) is 12.1 Å². The Balaban J connectivity index is 1.97. The predicted octanol–water partition coefficient (Wildman–Crippen LogP) is 3.32. The molecule has 0 atom stereocenters. The highest BCUT2D eigenvalue weighted by molar-refractivity contribution is 6.34. The molecule has 0 unspecified atom stereocenters. The molecule has 1 aliphatic rings. The average Bonchev–Trinajstić information content (AvgIpc) is 2.86. The number of benzene rings is 1. The number of ether oxygens (including phenoxy) is 2. The van der Waals surface area contributed by atoms with Crippen LogP contribution in [0.3, 0.4) is 0 Å². The van der Waals surface area contributed by atoms with Gasteiger partial charge in [0.25, 0.3) is 11.8 Å². The maximum absolute atomic E-state index is 12.6. The zero-order valence-electron chi connectivity index (χ0n) is 15.5. The summed E-state index contributed by atoms with van der Waals surface area (Å²) < 4.78 is 11.0. The zero-order valence-corrected chi connectivity index (χ0v) is 15.5. The van der Waals surface area contributed by atoms with Crippen molar-refractivity contribution in [2.24, 2.45) is 0 Å². The molecule has 142 valence electrons. The molecule has 1 aromatic rings. The summed E-state index contributed by atoms with van der Waals surface area (Å²) in [5.74, 6) is -0.925. The highest BCUT2D eigenvalue weighted by Crippen LogP contribution is 2.29. The quantitative estimate of drug-likeness (QED) is 0.483. The van der Waals surface area contributed by atoms with E-state index in [0.717, 1.165) is 24.2 Å². The molecular weight excluding hydrogens is 334 g/mol. The highest BCUT2D eigenvalue weighted by atomic mass is 16.5. The molecule has 1 aromatic carbocycles. The second-order valence-corrected chi connectivity index (χ2v) is 6.18. The van der Waals surface area contributed by atoms with E-state index in [1.807, 2.05) is 6.92 Å². The van der Waals surface area contributed by atoms with Crippen LogP contribution in [-0.4, -0.2) is 48.2 Å². The molecule has 0 radical (unpaired) electrons. The first-order chi connectivity index (χ1) is 12.6. The summed E-state index contributed by atoms with van der Waals surface area (Å²) >= 11 is 0. The maximum Gasteiger partial charge on any atom is 0.296 e. The second-order valence-electron chi connectivity index (χ2n) is 6.18. The molecule has 0 aromatic heterocycles. The lowest BCUT2D eigenvalue weighted by Gasteiger charge is -2.14. The van der Waals surface area contributed by atoms with Gasteiger partial charge in [-0.25, -0.2) is 0 Å². The monoisotopic (exact) mass is 361 g/mol. The smallest absolute Gasteiger partial charge is 0.296 e. The molecule has 6 nitrogen and oxygen atoms in total. The number of carbonyl (C=O) groups excluding carboxylic acids is 2. The molecule has 2 rings (SSSR count). The van der Waals surface area contributed by atoms with Crippen molar-refractivity contribution in [3.05, 3.63) is 35.6 Å². The number of unbranched alkanes of at least 4 members (excludes halogenated alkanes) is 1. The van der Waals surface area contributed by atoms with Gasteiger partial charge in [-0.15, -0.1) is 0 Å². The summed E-state index contributed by atoms with van der Waals surface area (Å²) in [6.07, 6.45) is 3.50. The molecule has 1 aliphatic heterocycles. The SMILES string of the molecule is CCCCOCCCN1C(=O)C(O)=C(c2ccc(OCCC)cc2)C1=O. The molecule has 1 N–H and O–H groups in total. The Hall–Kier alpha value is -2.34. The fraction of sp³-hybridized carbons (Fsp3) is 0.500. The standard InChI is InChI=1S/C20H27NO5/c1-3-5-13-25-14-6-11-21-19(23)17(18(22)20(21)24)15-7-9-16(10-8-15)26-12-4-2/h7-10,22H,3-6,11-14H2,1-2H3. The molecular formula is C20H27NO5. The van der Waals surface area contributed by atoms with Gasteiger partial charge in [0.2, 0.25) is 0 Å². The van der Waals surface area contributed by atoms with Crippen molar-refractivity contribution in [1.82, 2.24) is 4.90 Å². The normalized spacial score (nSPS) is 14.5. The lowest BCUT2D eigenvalue weighted by molar-refractivity contribution is -0.138. The van der Waals surface area contributed by atoms with Crippen LogP contribution < -0.4 is 4.74 Å². The van der Waals surface area contributed by atoms with Gasteiger partial charge in [-0.1, -0.05) is 32.4 Å². The van der Waals surface area contributed by atoms with Gasteiger partial charge >= 0.3 is 0 Å². The van der Waals surface area contributed by atoms with Gasteiger partial charge in [0.1, 0.15) is 5.75 Å². The van der Waals surface area contributed by atoms with Gasteiger partial charge in [0, 0.05) is 19.8 Å². The van der Waals surface area contributed by atoms with E-state index in [4.69, 9.17) is 9.47 Å². The molecule has 1 heterocycles. The average molecular weight is 361 g/mol. The molecule has 26 heavy (non-hydrogen) atoms. The minimum Gasteiger partial charge on any atom is -0.502 e. The molecule has 0 aliphatic carbocycles. The lowest BCUT2D eigenvalue weighted by atomic mass is 10.1. The largest absolute Gasteiger partial charge is 0.502 e. The van der Waals surface area contributed by atoms with Gasteiger partial charge in [0.05, 0.1) is 12.2 Å². The third-order valence-corrected chi connectivity index (χ3v) is 4.07. The predicted molar refractivity (Wildman–Crippen MR) is 98.8 cm³/mol. The Bertz CT molecular complexity index is 651. The minimum atomic E-state index is -0.648. The van der Waals surface area contributed by atoms with Gasteiger partial charge in [-0.3, -0.25) is 14.5 Å². The van der Waals surface area contributed by atoms with Crippen molar-refractivity contribution in [2.45, 2.75) is 39.5 Å². The number of hydrogen-bond acceptors (Lipinski definition) is 5. The molecule has 0 spiro atoms. The Morgan fingerprint density at radius 2 is 1.62 bits per heavy atom. The van der Waals surface area contributed by atoms with E-state index < -0.39 is 17.6 Å². The third-order valence-electron chi connectivity index (χ3n) is 4.07. The van der Waals surface area contributed by atoms with Crippen LogP contribution in [0.4, 0.5) is 0 Å². The van der Waals surface area contributed by atoms with Crippen LogP contribution in [0.15, 0.2) is 30.0 Å². The van der Waals surface area contributed by atoms with Crippen molar-refractivity contribution in [1.29, 1.82) is 0 Å². The first-order valence-electron chi connectivity index (χ1n) is 9.20. The van der Waals surface area contributed by atoms with Gasteiger partial charge in [-0.2, -0.15) is 0 Å². The number of amides is 2. The van der Waals surface area contributed by atoms with Gasteiger partial charge < -0.3 is 14.6 Å². The summed E-state index contributed by atoms with van der Waals surface area (Å²) in [6.45, 7) is 6.11. The summed E-state index contributed by atoms with van der Waals surface area (Å²) in [7, 11) is 0. The summed E-state index contributed by atoms with van der Waals surface area (Å²) in [4.78, 5) is 25.8. The number of aliphatic hydroxyl groups is 1. The summed E-state index contributed by atoms with van der Waals surface area (Å²) in [5, 5.41) is 10.1. The van der Waals surface area contributed by atoms with Crippen molar-refractivity contribution in [2.75, 3.05) is 26.4 Å². The van der Waals surface area contributed by atoms with Crippen LogP contribution in [0, 0.1) is 0 Å². The number of aliphatic hydroxyl groups excluding tert-OH is 1.